The van der Waals surface area contributed by atoms with Crippen LogP contribution in [-0.4, -0.2) is 62.1 Å². The average Bonchev–Trinajstić information content (AvgIpc) is 3.45. The van der Waals surface area contributed by atoms with Crippen molar-refractivity contribution in [1.82, 2.24) is 4.98 Å². The molecule has 0 bridgehead atoms. The molecule has 0 saturated heterocycles. The molecule has 1 aromatic heterocycles. The van der Waals surface area contributed by atoms with Crippen LogP contribution in [-0.2, 0) is 14.4 Å². The molecule has 6 rings (SSSR count). The van der Waals surface area contributed by atoms with E-state index in [1.54, 1.807) is 26.2 Å². The van der Waals surface area contributed by atoms with Gasteiger partial charge in [-0.25, -0.2) is 4.98 Å². The number of phenols is 1. The zero-order chi connectivity index (χ0) is 30.9. The zero-order valence-corrected chi connectivity index (χ0v) is 23.8. The van der Waals surface area contributed by atoms with Crippen LogP contribution in [0.3, 0.4) is 0 Å². The second-order valence-corrected chi connectivity index (χ2v) is 11.7. The van der Waals surface area contributed by atoms with Gasteiger partial charge in [0.05, 0.1) is 42.1 Å². The van der Waals surface area contributed by atoms with Crippen LogP contribution < -0.4 is 21.5 Å². The number of rotatable bonds is 5. The molecule has 0 aliphatic heterocycles. The molecule has 6 atom stereocenters. The molecule has 0 radical (unpaired) electrons. The standard InChI is InChI=1S/C30H28N4O8S/c1-10-13-7-8-14(33-30-34-15(9-43-30)11-3-5-12(42-2)6-4-11)23(35)17(13)25(37)19-16(10)24(36)18-20(26(19)38)27(39)21(29(32)41)28(40)22(18)31/h3-10,16,18,20,22,24,35-37,40H,31H2,1-2H3,(H2,32,41)(H,33,34)/t10-,16?,18?,20?,22-,24-/m0/s1. The lowest BCUT2D eigenvalue weighted by Gasteiger charge is -2.48. The summed E-state index contributed by atoms with van der Waals surface area (Å²) in [6.45, 7) is 1.71. The Hall–Kier alpha value is -4.72. The van der Waals surface area contributed by atoms with Crippen molar-refractivity contribution in [2.45, 2.75) is 25.0 Å². The van der Waals surface area contributed by atoms with Crippen molar-refractivity contribution in [3.8, 4) is 22.8 Å². The summed E-state index contributed by atoms with van der Waals surface area (Å²) in [5.74, 6) is -8.75. The number of anilines is 2. The Kier molecular flexibility index (Phi) is 6.75. The molecular formula is C30H28N4O8S. The second-order valence-electron chi connectivity index (χ2n) is 10.8. The number of aromatic nitrogens is 1. The van der Waals surface area contributed by atoms with E-state index in [4.69, 9.17) is 16.2 Å². The Bertz CT molecular complexity index is 1760. The zero-order valence-electron chi connectivity index (χ0n) is 22.9. The highest BCUT2D eigenvalue weighted by Gasteiger charge is 2.59. The van der Waals surface area contributed by atoms with Crippen LogP contribution in [0.1, 0.15) is 24.0 Å². The number of ketones is 2. The molecule has 1 saturated carbocycles. The number of ether oxygens (including phenoxy) is 1. The highest BCUT2D eigenvalue weighted by Crippen LogP contribution is 2.54. The fourth-order valence-electron chi connectivity index (χ4n) is 6.53. The van der Waals surface area contributed by atoms with Gasteiger partial charge in [-0.3, -0.25) is 14.4 Å². The van der Waals surface area contributed by atoms with Gasteiger partial charge in [0.1, 0.15) is 28.6 Å². The van der Waals surface area contributed by atoms with E-state index in [2.05, 4.69) is 10.3 Å². The minimum absolute atomic E-state index is 0.0317. The number of aliphatic hydroxyl groups is 3. The van der Waals surface area contributed by atoms with Crippen LogP contribution in [0.5, 0.6) is 11.5 Å². The van der Waals surface area contributed by atoms with E-state index in [0.29, 0.717) is 22.1 Å². The van der Waals surface area contributed by atoms with Gasteiger partial charge in [0.15, 0.2) is 16.7 Å². The van der Waals surface area contributed by atoms with Gasteiger partial charge in [0.25, 0.3) is 5.91 Å². The molecule has 1 amide bonds. The highest BCUT2D eigenvalue weighted by molar-refractivity contribution is 7.14. The number of benzene rings is 2. The molecule has 1 fully saturated rings. The molecule has 3 aliphatic carbocycles. The van der Waals surface area contributed by atoms with Gasteiger partial charge in [-0.1, -0.05) is 13.0 Å². The summed E-state index contributed by atoms with van der Waals surface area (Å²) in [6.07, 6.45) is -1.45. The number of nitrogens with zero attached hydrogens (tertiary/aromatic N) is 1. The number of hydrogen-bond acceptors (Lipinski definition) is 12. The SMILES string of the molecule is COc1ccc(-c2csc(Nc3ccc4c(c3O)C(O)=C3C(=O)C5C(=O)C(C(N)=O)=C(O)[C@@H](N)C5[C@@H](O)C3[C@H]4C)n2)cc1. The maximum atomic E-state index is 13.8. The predicted octanol–water partition coefficient (Wildman–Crippen LogP) is 2.65. The molecule has 9 N–H and O–H groups in total. The summed E-state index contributed by atoms with van der Waals surface area (Å²) in [5, 5.41) is 50.0. The molecule has 12 nitrogen and oxygen atoms in total. The van der Waals surface area contributed by atoms with Crippen molar-refractivity contribution in [2.24, 2.45) is 29.2 Å². The number of Topliss-reactive ketones (excluding diaryl/α,β-unsaturated/α-hetero) is 2. The first-order valence-electron chi connectivity index (χ1n) is 13.4. The second kappa shape index (κ2) is 10.2. The van der Waals surface area contributed by atoms with Crippen LogP contribution in [0.15, 0.2) is 58.7 Å². The molecule has 1 heterocycles. The van der Waals surface area contributed by atoms with Crippen molar-refractivity contribution in [2.75, 3.05) is 12.4 Å². The Morgan fingerprint density at radius 1 is 1.07 bits per heavy atom. The Morgan fingerprint density at radius 2 is 1.77 bits per heavy atom. The first kappa shape index (κ1) is 28.4. The van der Waals surface area contributed by atoms with Gasteiger partial charge in [0.2, 0.25) is 0 Å². The maximum Gasteiger partial charge on any atom is 0.255 e. The molecule has 0 spiro atoms. The number of nitrogens with two attached hydrogens (primary N) is 2. The summed E-state index contributed by atoms with van der Waals surface area (Å²) in [7, 11) is 1.58. The molecule has 3 aliphatic rings. The Balaban J connectivity index is 1.38. The first-order chi connectivity index (χ1) is 20.5. The summed E-state index contributed by atoms with van der Waals surface area (Å²) in [5.41, 5.74) is 12.5. The average molecular weight is 605 g/mol. The minimum Gasteiger partial charge on any atom is -0.510 e. The van der Waals surface area contributed by atoms with E-state index in [9.17, 15) is 34.8 Å². The topological polar surface area (TPSA) is 218 Å². The van der Waals surface area contributed by atoms with Gasteiger partial charge in [-0.05, 0) is 41.8 Å². The number of nitrogens with one attached hydrogen (secondary N) is 1. The first-order valence-corrected chi connectivity index (χ1v) is 14.3. The third kappa shape index (κ3) is 4.19. The van der Waals surface area contributed by atoms with Crippen molar-refractivity contribution in [3.05, 3.63) is 69.8 Å². The number of amides is 1. The van der Waals surface area contributed by atoms with Crippen molar-refractivity contribution < 1.29 is 39.5 Å². The van der Waals surface area contributed by atoms with E-state index in [1.165, 1.54) is 11.3 Å². The van der Waals surface area contributed by atoms with Gasteiger partial charge >= 0.3 is 0 Å². The molecular weight excluding hydrogens is 576 g/mol. The summed E-state index contributed by atoms with van der Waals surface area (Å²) in [6, 6.07) is 9.20. The van der Waals surface area contributed by atoms with Gasteiger partial charge in [0, 0.05) is 28.4 Å². The molecule has 222 valence electrons. The summed E-state index contributed by atoms with van der Waals surface area (Å²) in [4.78, 5) is 43.5. The van der Waals surface area contributed by atoms with E-state index < -0.39 is 70.4 Å². The van der Waals surface area contributed by atoms with Crippen molar-refractivity contribution >= 4 is 45.4 Å². The monoisotopic (exact) mass is 604 g/mol. The van der Waals surface area contributed by atoms with Crippen molar-refractivity contribution in [1.29, 1.82) is 0 Å². The number of thiazole rings is 1. The van der Waals surface area contributed by atoms with Crippen LogP contribution in [0.25, 0.3) is 17.0 Å². The van der Waals surface area contributed by atoms with Gasteiger partial charge < -0.3 is 41.9 Å². The number of carbonyl (C=O) groups is 3. The number of aromatic hydroxyl groups is 1. The fraction of sp³-hybridized carbons (Fsp3) is 0.267. The van der Waals surface area contributed by atoms with Crippen LogP contribution in [0.2, 0.25) is 0 Å². The quantitative estimate of drug-likeness (QED) is 0.127. The lowest BCUT2D eigenvalue weighted by Crippen LogP contribution is -2.60. The Labute approximate surface area is 248 Å². The van der Waals surface area contributed by atoms with Crippen LogP contribution in [0, 0.1) is 17.8 Å². The number of primary amides is 1. The normalized spacial score (nSPS) is 26.5. The van der Waals surface area contributed by atoms with E-state index in [0.717, 1.165) is 5.56 Å². The Morgan fingerprint density at radius 3 is 2.42 bits per heavy atom. The lowest BCUT2D eigenvalue weighted by molar-refractivity contribution is -0.141. The number of phenolic OH excluding ortho intramolecular Hbond substituents is 1. The highest BCUT2D eigenvalue weighted by atomic mass is 32.1. The molecule has 2 aromatic carbocycles. The maximum absolute atomic E-state index is 13.8. The molecule has 3 unspecified atom stereocenters. The third-order valence-electron chi connectivity index (χ3n) is 8.65. The van der Waals surface area contributed by atoms with Crippen molar-refractivity contribution in [3.63, 3.8) is 0 Å². The van der Waals surface area contributed by atoms with E-state index in [-0.39, 0.29) is 22.6 Å². The summed E-state index contributed by atoms with van der Waals surface area (Å²) < 4.78 is 5.19. The minimum atomic E-state index is -1.65. The number of methoxy groups -OCH3 is 1. The van der Waals surface area contributed by atoms with E-state index in [1.807, 2.05) is 29.6 Å². The van der Waals surface area contributed by atoms with Gasteiger partial charge in [-0.15, -0.1) is 11.3 Å². The third-order valence-corrected chi connectivity index (χ3v) is 9.41. The summed E-state index contributed by atoms with van der Waals surface area (Å²) >= 11 is 1.29. The molecule has 43 heavy (non-hydrogen) atoms. The van der Waals surface area contributed by atoms with E-state index >= 15 is 0 Å². The van der Waals surface area contributed by atoms with Crippen LogP contribution in [0.4, 0.5) is 10.8 Å². The molecule has 13 heteroatoms. The van der Waals surface area contributed by atoms with Crippen LogP contribution >= 0.6 is 11.3 Å². The number of carbonyl (C=O) groups excluding carboxylic acids is 3. The number of aliphatic hydroxyl groups excluding tert-OH is 3. The lowest BCUT2D eigenvalue weighted by atomic mass is 9.56. The fourth-order valence-corrected chi connectivity index (χ4v) is 7.26. The smallest absolute Gasteiger partial charge is 0.255 e. The molecule has 3 aromatic rings. The van der Waals surface area contributed by atoms with Gasteiger partial charge in [-0.2, -0.15) is 0 Å². The number of fused-ring (bicyclic) bond motifs is 3. The largest absolute Gasteiger partial charge is 0.510 e. The number of hydrogen-bond donors (Lipinski definition) is 7. The predicted molar refractivity (Wildman–Crippen MR) is 157 cm³/mol.